The Balaban J connectivity index is 1.66. The molecule has 0 saturated carbocycles. The Hall–Kier alpha value is -2.83. The predicted molar refractivity (Wildman–Crippen MR) is 94.7 cm³/mol. The molecule has 7 heteroatoms. The molecule has 7 nitrogen and oxygen atoms in total. The maximum atomic E-state index is 12.0. The molecule has 0 spiro atoms. The van der Waals surface area contributed by atoms with Crippen molar-refractivity contribution >= 4 is 11.8 Å². The van der Waals surface area contributed by atoms with Gasteiger partial charge in [0.25, 0.3) is 5.91 Å². The highest BCUT2D eigenvalue weighted by atomic mass is 16.5. The van der Waals surface area contributed by atoms with Crippen LogP contribution in [0.4, 0.5) is 0 Å². The molecule has 1 heterocycles. The van der Waals surface area contributed by atoms with Crippen LogP contribution in [0, 0.1) is 13.8 Å². The monoisotopic (exact) mass is 344 g/mol. The lowest BCUT2D eigenvalue weighted by Gasteiger charge is -2.08. The first-order valence-electron chi connectivity index (χ1n) is 8.19. The van der Waals surface area contributed by atoms with Crippen molar-refractivity contribution in [2.24, 2.45) is 0 Å². The van der Waals surface area contributed by atoms with Crippen molar-refractivity contribution in [2.45, 2.75) is 26.8 Å². The van der Waals surface area contributed by atoms with Gasteiger partial charge in [0.15, 0.2) is 0 Å². The molecule has 134 valence electrons. The Bertz CT molecular complexity index is 722. The summed E-state index contributed by atoms with van der Waals surface area (Å²) in [6.07, 6.45) is 0.778. The van der Waals surface area contributed by atoms with Crippen LogP contribution in [-0.4, -0.2) is 41.8 Å². The van der Waals surface area contributed by atoms with Gasteiger partial charge in [0.2, 0.25) is 5.91 Å². The topological polar surface area (TPSA) is 85.2 Å². The highest BCUT2D eigenvalue weighted by Crippen LogP contribution is 2.10. The summed E-state index contributed by atoms with van der Waals surface area (Å²) in [6, 6.07) is 8.73. The third-order valence-corrected chi connectivity index (χ3v) is 3.73. The van der Waals surface area contributed by atoms with Crippen LogP contribution >= 0.6 is 0 Å². The Morgan fingerprint density at radius 3 is 2.48 bits per heavy atom. The minimum Gasteiger partial charge on any atom is -0.497 e. The molecular weight excluding hydrogens is 320 g/mol. The van der Waals surface area contributed by atoms with Gasteiger partial charge in [-0.1, -0.05) is 0 Å². The van der Waals surface area contributed by atoms with Gasteiger partial charge in [-0.15, -0.1) is 0 Å². The number of ether oxygens (including phenoxy) is 1. The largest absolute Gasteiger partial charge is 0.497 e. The summed E-state index contributed by atoms with van der Waals surface area (Å²) in [5.41, 5.74) is 2.58. The number of hydrogen-bond acceptors (Lipinski definition) is 4. The second-order valence-electron chi connectivity index (χ2n) is 5.76. The fourth-order valence-corrected chi connectivity index (χ4v) is 2.43. The first-order chi connectivity index (χ1) is 12.0. The number of amides is 2. The van der Waals surface area contributed by atoms with E-state index in [0.29, 0.717) is 17.9 Å². The van der Waals surface area contributed by atoms with Gasteiger partial charge in [0.1, 0.15) is 5.75 Å². The number of rotatable bonds is 8. The lowest BCUT2D eigenvalue weighted by molar-refractivity contribution is -0.120. The van der Waals surface area contributed by atoms with E-state index < -0.39 is 0 Å². The third kappa shape index (κ3) is 5.63. The molecule has 0 atom stereocenters. The molecule has 0 aliphatic rings. The van der Waals surface area contributed by atoms with Crippen LogP contribution in [-0.2, 0) is 11.3 Å². The Labute approximate surface area is 147 Å². The van der Waals surface area contributed by atoms with E-state index in [2.05, 4.69) is 15.7 Å². The van der Waals surface area contributed by atoms with Crippen LogP contribution < -0.4 is 15.4 Å². The summed E-state index contributed by atoms with van der Waals surface area (Å²) in [5, 5.41) is 9.76. The Morgan fingerprint density at radius 1 is 1.16 bits per heavy atom. The number of hydrogen-bond donors (Lipinski definition) is 2. The van der Waals surface area contributed by atoms with Gasteiger partial charge in [0.05, 0.1) is 19.3 Å². The highest BCUT2D eigenvalue weighted by molar-refractivity contribution is 5.96. The number of methoxy groups -OCH3 is 1. The fraction of sp³-hybridized carbons (Fsp3) is 0.389. The van der Waals surface area contributed by atoms with Gasteiger partial charge in [0, 0.05) is 24.3 Å². The van der Waals surface area contributed by atoms with E-state index in [9.17, 15) is 9.59 Å². The van der Waals surface area contributed by atoms with Crippen molar-refractivity contribution in [3.8, 4) is 5.75 Å². The average Bonchev–Trinajstić information content (AvgIpc) is 2.94. The number of carbonyl (C=O) groups is 2. The number of benzene rings is 1. The first kappa shape index (κ1) is 18.5. The number of carbonyl (C=O) groups excluding carboxylic acids is 2. The molecule has 1 aromatic carbocycles. The molecule has 0 bridgehead atoms. The molecule has 0 aliphatic carbocycles. The second kappa shape index (κ2) is 8.86. The molecule has 2 aromatic rings. The summed E-state index contributed by atoms with van der Waals surface area (Å²) in [5.74, 6) is 0.174. The van der Waals surface area contributed by atoms with Crippen LogP contribution in [0.3, 0.4) is 0 Å². The molecular formula is C18H24N4O3. The summed E-state index contributed by atoms with van der Waals surface area (Å²) < 4.78 is 6.96. The van der Waals surface area contributed by atoms with Crippen LogP contribution in [0.1, 0.15) is 28.2 Å². The van der Waals surface area contributed by atoms with Crippen molar-refractivity contribution in [3.05, 3.63) is 47.3 Å². The van der Waals surface area contributed by atoms with Crippen molar-refractivity contribution in [1.82, 2.24) is 20.4 Å². The smallest absolute Gasteiger partial charge is 0.251 e. The molecule has 25 heavy (non-hydrogen) atoms. The van der Waals surface area contributed by atoms with E-state index in [1.807, 2.05) is 24.6 Å². The zero-order chi connectivity index (χ0) is 18.2. The standard InChI is InChI=1S/C18H24N4O3/c1-13-11-14(2)22(21-13)10-4-9-19-17(23)12-20-18(24)15-5-7-16(25-3)8-6-15/h5-8,11H,4,9-10,12H2,1-3H3,(H,19,23)(H,20,24). The van der Waals surface area contributed by atoms with E-state index in [-0.39, 0.29) is 18.4 Å². The lowest BCUT2D eigenvalue weighted by Crippen LogP contribution is -2.37. The maximum absolute atomic E-state index is 12.0. The predicted octanol–water partition coefficient (Wildman–Crippen LogP) is 1.44. The van der Waals surface area contributed by atoms with Gasteiger partial charge in [-0.05, 0) is 50.6 Å². The van der Waals surface area contributed by atoms with E-state index in [1.54, 1.807) is 31.4 Å². The van der Waals surface area contributed by atoms with Crippen molar-refractivity contribution in [2.75, 3.05) is 20.2 Å². The maximum Gasteiger partial charge on any atom is 0.251 e. The minimum absolute atomic E-state index is 0.0508. The summed E-state index contributed by atoms with van der Waals surface area (Å²) in [4.78, 5) is 23.8. The fourth-order valence-electron chi connectivity index (χ4n) is 2.43. The number of aromatic nitrogens is 2. The van der Waals surface area contributed by atoms with Gasteiger partial charge in [-0.2, -0.15) is 5.10 Å². The lowest BCUT2D eigenvalue weighted by atomic mass is 10.2. The second-order valence-corrected chi connectivity index (χ2v) is 5.76. The molecule has 0 fully saturated rings. The summed E-state index contributed by atoms with van der Waals surface area (Å²) in [6.45, 7) is 5.20. The quantitative estimate of drug-likeness (QED) is 0.710. The molecule has 0 aliphatic heterocycles. The Kier molecular flexibility index (Phi) is 6.56. The molecule has 0 unspecified atom stereocenters. The normalized spacial score (nSPS) is 10.4. The van der Waals surface area contributed by atoms with Crippen LogP contribution in [0.15, 0.2) is 30.3 Å². The van der Waals surface area contributed by atoms with Crippen LogP contribution in [0.2, 0.25) is 0 Å². The zero-order valence-electron chi connectivity index (χ0n) is 14.8. The van der Waals surface area contributed by atoms with Crippen molar-refractivity contribution in [1.29, 1.82) is 0 Å². The molecule has 0 saturated heterocycles. The molecule has 1 aromatic heterocycles. The molecule has 2 N–H and O–H groups in total. The van der Waals surface area contributed by atoms with Crippen molar-refractivity contribution in [3.63, 3.8) is 0 Å². The van der Waals surface area contributed by atoms with Gasteiger partial charge >= 0.3 is 0 Å². The van der Waals surface area contributed by atoms with Crippen molar-refractivity contribution < 1.29 is 14.3 Å². The average molecular weight is 344 g/mol. The number of nitrogens with one attached hydrogen (secondary N) is 2. The molecule has 2 amide bonds. The van der Waals surface area contributed by atoms with Gasteiger partial charge in [-0.25, -0.2) is 0 Å². The first-order valence-corrected chi connectivity index (χ1v) is 8.19. The van der Waals surface area contributed by atoms with Crippen LogP contribution in [0.5, 0.6) is 5.75 Å². The summed E-state index contributed by atoms with van der Waals surface area (Å²) in [7, 11) is 1.56. The Morgan fingerprint density at radius 2 is 1.88 bits per heavy atom. The van der Waals surface area contributed by atoms with Gasteiger partial charge in [-0.3, -0.25) is 14.3 Å². The molecule has 0 radical (unpaired) electrons. The number of nitrogens with zero attached hydrogens (tertiary/aromatic N) is 2. The summed E-state index contributed by atoms with van der Waals surface area (Å²) >= 11 is 0. The number of aryl methyl sites for hydroxylation is 3. The molecule has 2 rings (SSSR count). The van der Waals surface area contributed by atoms with E-state index in [4.69, 9.17) is 4.74 Å². The van der Waals surface area contributed by atoms with Crippen LogP contribution in [0.25, 0.3) is 0 Å². The van der Waals surface area contributed by atoms with E-state index in [0.717, 1.165) is 24.4 Å². The minimum atomic E-state index is -0.291. The highest BCUT2D eigenvalue weighted by Gasteiger charge is 2.08. The van der Waals surface area contributed by atoms with Gasteiger partial charge < -0.3 is 15.4 Å². The SMILES string of the molecule is COc1ccc(C(=O)NCC(=O)NCCCn2nc(C)cc2C)cc1. The zero-order valence-corrected chi connectivity index (χ0v) is 14.8. The van der Waals surface area contributed by atoms with E-state index >= 15 is 0 Å². The van der Waals surface area contributed by atoms with E-state index in [1.165, 1.54) is 0 Å². The third-order valence-electron chi connectivity index (χ3n) is 3.73.